The Bertz CT molecular complexity index is 2340. The first-order valence-corrected chi connectivity index (χ1v) is 16.6. The Kier molecular flexibility index (Phi) is 6.76. The molecule has 9 rings (SSSR count). The van der Waals surface area contributed by atoms with Gasteiger partial charge < -0.3 is 4.90 Å². The zero-order valence-corrected chi connectivity index (χ0v) is 26.5. The van der Waals surface area contributed by atoms with Crippen molar-refractivity contribution in [2.24, 2.45) is 0 Å². The normalized spacial score (nSPS) is 12.8. The molecule has 1 aliphatic rings. The smallest absolute Gasteiger partial charge is 0.0714 e. The Morgan fingerprint density at radius 1 is 0.312 bits per heavy atom. The molecule has 0 spiro atoms. The first-order chi connectivity index (χ1) is 23.8. The highest BCUT2D eigenvalue weighted by Gasteiger charge is 2.46. The van der Waals surface area contributed by atoms with E-state index in [4.69, 9.17) is 0 Å². The summed E-state index contributed by atoms with van der Waals surface area (Å²) in [6, 6.07) is 73.0. The van der Waals surface area contributed by atoms with Gasteiger partial charge in [0.1, 0.15) is 0 Å². The number of nitrogens with zero attached hydrogens (tertiary/aromatic N) is 1. The summed E-state index contributed by atoms with van der Waals surface area (Å²) in [6.07, 6.45) is 0. The minimum atomic E-state index is -0.452. The Labute approximate surface area is 282 Å². The maximum absolute atomic E-state index is 2.43. The van der Waals surface area contributed by atoms with Crippen LogP contribution in [0.5, 0.6) is 0 Å². The molecule has 0 atom stereocenters. The lowest BCUT2D eigenvalue weighted by molar-refractivity contribution is 0.768. The van der Waals surface area contributed by atoms with Gasteiger partial charge in [0.05, 0.1) is 5.41 Å². The lowest BCUT2D eigenvalue weighted by atomic mass is 9.67. The van der Waals surface area contributed by atoms with Crippen molar-refractivity contribution in [2.45, 2.75) is 5.41 Å². The van der Waals surface area contributed by atoms with E-state index in [1.54, 1.807) is 0 Å². The number of hydrogen-bond acceptors (Lipinski definition) is 1. The second-order valence-corrected chi connectivity index (χ2v) is 12.5. The highest BCUT2D eigenvalue weighted by Crippen LogP contribution is 2.57. The zero-order valence-electron chi connectivity index (χ0n) is 26.5. The van der Waals surface area contributed by atoms with Crippen molar-refractivity contribution >= 4 is 27.8 Å². The van der Waals surface area contributed by atoms with Crippen molar-refractivity contribution in [1.29, 1.82) is 0 Å². The van der Waals surface area contributed by atoms with Gasteiger partial charge in [-0.15, -0.1) is 0 Å². The molecule has 0 saturated heterocycles. The van der Waals surface area contributed by atoms with Crippen molar-refractivity contribution in [3.63, 3.8) is 0 Å². The lowest BCUT2D eigenvalue weighted by Gasteiger charge is -2.35. The summed E-state index contributed by atoms with van der Waals surface area (Å²) in [4.78, 5) is 2.38. The van der Waals surface area contributed by atoms with E-state index in [1.165, 1.54) is 55.3 Å². The van der Waals surface area contributed by atoms with Crippen molar-refractivity contribution in [3.05, 3.63) is 222 Å². The number of rotatable bonds is 6. The minimum absolute atomic E-state index is 0.452. The van der Waals surface area contributed by atoms with Gasteiger partial charge in [0.2, 0.25) is 0 Å². The molecule has 0 aliphatic heterocycles. The molecule has 0 N–H and O–H groups in total. The Morgan fingerprint density at radius 3 is 1.54 bits per heavy atom. The van der Waals surface area contributed by atoms with Gasteiger partial charge in [0.25, 0.3) is 0 Å². The molecule has 226 valence electrons. The van der Waals surface area contributed by atoms with E-state index < -0.39 is 5.41 Å². The monoisotopic (exact) mass is 611 g/mol. The van der Waals surface area contributed by atoms with Crippen LogP contribution in [0.4, 0.5) is 17.1 Å². The van der Waals surface area contributed by atoms with E-state index in [-0.39, 0.29) is 0 Å². The lowest BCUT2D eigenvalue weighted by Crippen LogP contribution is -2.28. The Morgan fingerprint density at radius 2 is 0.833 bits per heavy atom. The molecule has 1 heteroatoms. The summed E-state index contributed by atoms with van der Waals surface area (Å²) in [6.45, 7) is 0. The fourth-order valence-electron chi connectivity index (χ4n) is 7.77. The van der Waals surface area contributed by atoms with Crippen LogP contribution in [0.1, 0.15) is 22.3 Å². The van der Waals surface area contributed by atoms with Crippen LogP contribution in [-0.4, -0.2) is 0 Å². The van der Waals surface area contributed by atoms with Crippen LogP contribution in [0.15, 0.2) is 200 Å². The van der Waals surface area contributed by atoms with Crippen molar-refractivity contribution in [3.8, 4) is 22.3 Å². The van der Waals surface area contributed by atoms with Crippen LogP contribution in [-0.2, 0) is 5.41 Å². The third-order valence-electron chi connectivity index (χ3n) is 9.92. The number of para-hydroxylation sites is 1. The second kappa shape index (κ2) is 11.6. The number of benzene rings is 8. The summed E-state index contributed by atoms with van der Waals surface area (Å²) >= 11 is 0. The second-order valence-electron chi connectivity index (χ2n) is 12.5. The third kappa shape index (κ3) is 4.47. The first kappa shape index (κ1) is 28.1. The molecule has 0 aromatic heterocycles. The molecule has 1 aliphatic carbocycles. The van der Waals surface area contributed by atoms with Crippen LogP contribution in [0.25, 0.3) is 33.0 Å². The average Bonchev–Trinajstić information content (AvgIpc) is 3.47. The van der Waals surface area contributed by atoms with Crippen molar-refractivity contribution in [1.82, 2.24) is 0 Å². The molecule has 1 nitrogen and oxygen atoms in total. The van der Waals surface area contributed by atoms with Gasteiger partial charge in [-0.3, -0.25) is 0 Å². The van der Waals surface area contributed by atoms with Gasteiger partial charge in [-0.05, 0) is 97.7 Å². The van der Waals surface area contributed by atoms with E-state index in [2.05, 4.69) is 205 Å². The van der Waals surface area contributed by atoms with Gasteiger partial charge in [-0.25, -0.2) is 0 Å². The Balaban J connectivity index is 1.23. The molecule has 0 radical (unpaired) electrons. The topological polar surface area (TPSA) is 3.24 Å². The fourth-order valence-corrected chi connectivity index (χ4v) is 7.77. The van der Waals surface area contributed by atoms with E-state index in [0.717, 1.165) is 17.1 Å². The zero-order chi connectivity index (χ0) is 31.9. The van der Waals surface area contributed by atoms with Crippen LogP contribution < -0.4 is 4.90 Å². The predicted octanol–water partition coefficient (Wildman–Crippen LogP) is 12.3. The SMILES string of the molecule is c1ccc(N(c2ccc(-c3ccc4ccccc4c3)cc2)c2ccc3c(c2)C(c2ccccc2)(c2ccccc2)c2ccccc2-3)cc1. The summed E-state index contributed by atoms with van der Waals surface area (Å²) in [5.41, 5.74) is 13.1. The predicted molar refractivity (Wildman–Crippen MR) is 201 cm³/mol. The summed E-state index contributed by atoms with van der Waals surface area (Å²) in [5.74, 6) is 0. The van der Waals surface area contributed by atoms with Gasteiger partial charge in [-0.1, -0.05) is 158 Å². The van der Waals surface area contributed by atoms with Crippen LogP contribution in [0.2, 0.25) is 0 Å². The molecule has 8 aromatic rings. The van der Waals surface area contributed by atoms with Gasteiger partial charge in [0.15, 0.2) is 0 Å². The maximum atomic E-state index is 2.43. The highest BCUT2D eigenvalue weighted by molar-refractivity contribution is 5.90. The van der Waals surface area contributed by atoms with Gasteiger partial charge >= 0.3 is 0 Å². The number of anilines is 3. The number of fused-ring (bicyclic) bond motifs is 4. The van der Waals surface area contributed by atoms with Crippen LogP contribution >= 0.6 is 0 Å². The largest absolute Gasteiger partial charge is 0.310 e. The molecule has 0 bridgehead atoms. The van der Waals surface area contributed by atoms with E-state index >= 15 is 0 Å². The maximum Gasteiger partial charge on any atom is 0.0714 e. The highest BCUT2D eigenvalue weighted by atomic mass is 15.1. The fraction of sp³-hybridized carbons (Fsp3) is 0.0213. The average molecular weight is 612 g/mol. The van der Waals surface area contributed by atoms with Gasteiger partial charge in [0, 0.05) is 17.1 Å². The quantitative estimate of drug-likeness (QED) is 0.181. The summed E-state index contributed by atoms with van der Waals surface area (Å²) in [7, 11) is 0. The molecular formula is C47H33N. The summed E-state index contributed by atoms with van der Waals surface area (Å²) < 4.78 is 0. The molecule has 0 amide bonds. The molecule has 0 unspecified atom stereocenters. The minimum Gasteiger partial charge on any atom is -0.310 e. The standard InChI is InChI=1S/C47H33N/c1-4-16-38(17-5-1)47(39-18-6-2-7-19-39)45-23-13-12-22-43(45)44-31-30-42(33-46(44)47)48(40-20-8-3-9-21-40)41-28-26-35(27-29-41)37-25-24-34-14-10-11-15-36(34)32-37/h1-33H. The van der Waals surface area contributed by atoms with Crippen molar-refractivity contribution < 1.29 is 0 Å². The molecule has 0 saturated carbocycles. The molecule has 0 fully saturated rings. The van der Waals surface area contributed by atoms with Crippen molar-refractivity contribution in [2.75, 3.05) is 4.90 Å². The van der Waals surface area contributed by atoms with Crippen LogP contribution in [0.3, 0.4) is 0 Å². The molecule has 0 heterocycles. The van der Waals surface area contributed by atoms with E-state index in [0.29, 0.717) is 0 Å². The summed E-state index contributed by atoms with van der Waals surface area (Å²) in [5, 5.41) is 2.51. The van der Waals surface area contributed by atoms with Crippen LogP contribution in [0, 0.1) is 0 Å². The van der Waals surface area contributed by atoms with E-state index in [1.807, 2.05) is 0 Å². The number of hydrogen-bond donors (Lipinski definition) is 0. The van der Waals surface area contributed by atoms with Gasteiger partial charge in [-0.2, -0.15) is 0 Å². The van der Waals surface area contributed by atoms with E-state index in [9.17, 15) is 0 Å². The third-order valence-corrected chi connectivity index (χ3v) is 9.92. The Hall–Kier alpha value is -6.18. The molecule has 48 heavy (non-hydrogen) atoms. The first-order valence-electron chi connectivity index (χ1n) is 16.6. The molecule has 8 aromatic carbocycles. The molecular weight excluding hydrogens is 579 g/mol.